The Bertz CT molecular complexity index is 726. The largest absolute Gasteiger partial charge is 0.378 e. The van der Waals surface area contributed by atoms with Crippen LogP contribution in [0.5, 0.6) is 0 Å². The van der Waals surface area contributed by atoms with Gasteiger partial charge >= 0.3 is 0 Å². The third-order valence-corrected chi connectivity index (χ3v) is 5.32. The predicted octanol–water partition coefficient (Wildman–Crippen LogP) is 4.30. The second-order valence-electron chi connectivity index (χ2n) is 5.29. The number of hydrogen-bond acceptors (Lipinski definition) is 5. The number of hydrogen-bond donors (Lipinski definition) is 0. The molecule has 24 heavy (non-hydrogen) atoms. The van der Waals surface area contributed by atoms with E-state index < -0.39 is 0 Å². The smallest absolute Gasteiger partial charge is 0.288 e. The first-order chi connectivity index (χ1) is 11.5. The molecule has 5 nitrogen and oxygen atoms in total. The number of nitrogens with zero attached hydrogens (tertiary/aromatic N) is 3. The standard InChI is InChI=1S/C16H15Cl2N3O2S/c1-10-12(17)8-11(9-13(10)18)14-2-3-15(20-19-14)24-16(22)21-4-6-23-7-5-21/h2-3,8-9H,4-7H2,1H3. The van der Waals surface area contributed by atoms with Gasteiger partial charge in [-0.15, -0.1) is 10.2 Å². The summed E-state index contributed by atoms with van der Waals surface area (Å²) in [6.45, 7) is 4.23. The molecule has 1 aromatic carbocycles. The number of thioether (sulfide) groups is 1. The molecule has 1 amide bonds. The SMILES string of the molecule is Cc1c(Cl)cc(-c2ccc(SC(=O)N3CCOCC3)nn2)cc1Cl. The first kappa shape index (κ1) is 17.5. The van der Waals surface area contributed by atoms with Crippen molar-refractivity contribution < 1.29 is 9.53 Å². The van der Waals surface area contributed by atoms with Crippen molar-refractivity contribution in [2.24, 2.45) is 0 Å². The van der Waals surface area contributed by atoms with E-state index in [2.05, 4.69) is 10.2 Å². The predicted molar refractivity (Wildman–Crippen MR) is 95.9 cm³/mol. The molecular formula is C16H15Cl2N3O2S. The van der Waals surface area contributed by atoms with E-state index in [9.17, 15) is 4.79 Å². The van der Waals surface area contributed by atoms with Crippen LogP contribution in [0.4, 0.5) is 4.79 Å². The summed E-state index contributed by atoms with van der Waals surface area (Å²) in [6, 6.07) is 7.18. The van der Waals surface area contributed by atoms with Gasteiger partial charge in [-0.3, -0.25) is 4.79 Å². The molecule has 0 radical (unpaired) electrons. The summed E-state index contributed by atoms with van der Waals surface area (Å²) >= 11 is 13.4. The summed E-state index contributed by atoms with van der Waals surface area (Å²) in [4.78, 5) is 13.9. The summed E-state index contributed by atoms with van der Waals surface area (Å²) in [5, 5.41) is 9.98. The number of ether oxygens (including phenoxy) is 1. The first-order valence-electron chi connectivity index (χ1n) is 7.39. The molecule has 126 valence electrons. The first-order valence-corrected chi connectivity index (χ1v) is 8.96. The summed E-state index contributed by atoms with van der Waals surface area (Å²) in [5.41, 5.74) is 2.28. The second kappa shape index (κ2) is 7.70. The number of amides is 1. The maximum absolute atomic E-state index is 12.2. The second-order valence-corrected chi connectivity index (χ2v) is 7.08. The van der Waals surface area contributed by atoms with Gasteiger partial charge in [0.1, 0.15) is 5.03 Å². The minimum atomic E-state index is -0.0400. The molecule has 0 N–H and O–H groups in total. The molecule has 0 spiro atoms. The Balaban J connectivity index is 1.72. The van der Waals surface area contributed by atoms with Crippen LogP contribution in [0.2, 0.25) is 10.0 Å². The van der Waals surface area contributed by atoms with Gasteiger partial charge in [-0.1, -0.05) is 23.2 Å². The maximum atomic E-state index is 12.2. The van der Waals surface area contributed by atoms with Gasteiger partial charge in [0.05, 0.1) is 18.9 Å². The van der Waals surface area contributed by atoms with Crippen LogP contribution in [0.1, 0.15) is 5.56 Å². The summed E-state index contributed by atoms with van der Waals surface area (Å²) in [6.07, 6.45) is 0. The molecule has 1 aromatic heterocycles. The van der Waals surface area contributed by atoms with Crippen molar-refractivity contribution in [2.75, 3.05) is 26.3 Å². The Labute approximate surface area is 154 Å². The van der Waals surface area contributed by atoms with Gasteiger partial charge in [0.15, 0.2) is 0 Å². The van der Waals surface area contributed by atoms with Crippen LogP contribution >= 0.6 is 35.0 Å². The molecule has 0 bridgehead atoms. The number of benzene rings is 1. The van der Waals surface area contributed by atoms with Crippen molar-refractivity contribution in [3.63, 3.8) is 0 Å². The fraction of sp³-hybridized carbons (Fsp3) is 0.312. The third-order valence-electron chi connectivity index (χ3n) is 3.68. The molecule has 2 aromatic rings. The van der Waals surface area contributed by atoms with E-state index in [4.69, 9.17) is 27.9 Å². The zero-order chi connectivity index (χ0) is 17.1. The van der Waals surface area contributed by atoms with Crippen LogP contribution in [-0.2, 0) is 4.74 Å². The normalized spacial score (nSPS) is 14.7. The van der Waals surface area contributed by atoms with Gasteiger partial charge in [0.25, 0.3) is 5.24 Å². The van der Waals surface area contributed by atoms with Crippen molar-refractivity contribution in [3.05, 3.63) is 39.9 Å². The Morgan fingerprint density at radius 1 is 1.17 bits per heavy atom. The monoisotopic (exact) mass is 383 g/mol. The molecular weight excluding hydrogens is 369 g/mol. The molecule has 0 atom stereocenters. The third kappa shape index (κ3) is 4.00. The fourth-order valence-corrected chi connectivity index (χ4v) is 3.42. The molecule has 1 saturated heterocycles. The van der Waals surface area contributed by atoms with Crippen LogP contribution in [0, 0.1) is 6.92 Å². The molecule has 8 heteroatoms. The van der Waals surface area contributed by atoms with E-state index in [1.807, 2.05) is 6.92 Å². The van der Waals surface area contributed by atoms with Crippen molar-refractivity contribution >= 4 is 40.2 Å². The van der Waals surface area contributed by atoms with Crippen LogP contribution in [-0.4, -0.2) is 46.6 Å². The summed E-state index contributed by atoms with van der Waals surface area (Å²) in [5.74, 6) is 0. The topological polar surface area (TPSA) is 55.3 Å². The van der Waals surface area contributed by atoms with Gasteiger partial charge in [-0.25, -0.2) is 0 Å². The Hall–Kier alpha value is -1.34. The molecule has 1 fully saturated rings. The number of morpholine rings is 1. The lowest BCUT2D eigenvalue weighted by molar-refractivity contribution is 0.0593. The Morgan fingerprint density at radius 2 is 1.83 bits per heavy atom. The van der Waals surface area contributed by atoms with Crippen molar-refractivity contribution in [3.8, 4) is 11.3 Å². The molecule has 3 rings (SSSR count). The van der Waals surface area contributed by atoms with Gasteiger partial charge in [0.2, 0.25) is 0 Å². The summed E-state index contributed by atoms with van der Waals surface area (Å²) < 4.78 is 5.24. The van der Waals surface area contributed by atoms with Crippen LogP contribution in [0.15, 0.2) is 29.3 Å². The molecule has 0 saturated carbocycles. The average molecular weight is 384 g/mol. The van der Waals surface area contributed by atoms with E-state index in [0.717, 1.165) is 22.9 Å². The quantitative estimate of drug-likeness (QED) is 0.723. The van der Waals surface area contributed by atoms with Gasteiger partial charge in [-0.05, 0) is 48.5 Å². The lowest BCUT2D eigenvalue weighted by atomic mass is 10.1. The molecule has 0 aliphatic carbocycles. The van der Waals surface area contributed by atoms with Gasteiger partial charge < -0.3 is 9.64 Å². The number of carbonyl (C=O) groups excluding carboxylic acids is 1. The highest BCUT2D eigenvalue weighted by molar-refractivity contribution is 8.13. The van der Waals surface area contributed by atoms with Gasteiger partial charge in [0, 0.05) is 28.7 Å². The highest BCUT2D eigenvalue weighted by Crippen LogP contribution is 2.30. The Morgan fingerprint density at radius 3 is 2.42 bits per heavy atom. The fourth-order valence-electron chi connectivity index (χ4n) is 2.22. The van der Waals surface area contributed by atoms with E-state index >= 15 is 0 Å². The molecule has 1 aliphatic rings. The van der Waals surface area contributed by atoms with E-state index in [1.165, 1.54) is 0 Å². The Kier molecular flexibility index (Phi) is 5.61. The van der Waals surface area contributed by atoms with Gasteiger partial charge in [-0.2, -0.15) is 0 Å². The van der Waals surface area contributed by atoms with Crippen LogP contribution in [0.3, 0.4) is 0 Å². The van der Waals surface area contributed by atoms with Crippen molar-refractivity contribution in [1.29, 1.82) is 0 Å². The maximum Gasteiger partial charge on any atom is 0.288 e. The van der Waals surface area contributed by atoms with Crippen LogP contribution < -0.4 is 0 Å². The number of aromatic nitrogens is 2. The minimum absolute atomic E-state index is 0.0400. The van der Waals surface area contributed by atoms with Crippen molar-refractivity contribution in [1.82, 2.24) is 15.1 Å². The van der Waals surface area contributed by atoms with E-state index in [-0.39, 0.29) is 5.24 Å². The molecule has 1 aliphatic heterocycles. The highest BCUT2D eigenvalue weighted by atomic mass is 35.5. The number of rotatable bonds is 2. The zero-order valence-electron chi connectivity index (χ0n) is 13.0. The average Bonchev–Trinajstić information content (AvgIpc) is 2.60. The van der Waals surface area contributed by atoms with E-state index in [1.54, 1.807) is 29.2 Å². The highest BCUT2D eigenvalue weighted by Gasteiger charge is 2.18. The zero-order valence-corrected chi connectivity index (χ0v) is 15.3. The molecule has 2 heterocycles. The van der Waals surface area contributed by atoms with Crippen molar-refractivity contribution in [2.45, 2.75) is 11.9 Å². The number of halogens is 2. The lowest BCUT2D eigenvalue weighted by Crippen LogP contribution is -2.38. The van der Waals surface area contributed by atoms with E-state index in [0.29, 0.717) is 47.1 Å². The van der Waals surface area contributed by atoms with Crippen LogP contribution in [0.25, 0.3) is 11.3 Å². The molecule has 0 unspecified atom stereocenters. The lowest BCUT2D eigenvalue weighted by Gasteiger charge is -2.25. The summed E-state index contributed by atoms with van der Waals surface area (Å²) in [7, 11) is 0. The minimum Gasteiger partial charge on any atom is -0.378 e. The number of carbonyl (C=O) groups is 1.